The van der Waals surface area contributed by atoms with Crippen LogP contribution in [0, 0.1) is 6.92 Å². The fourth-order valence-electron chi connectivity index (χ4n) is 3.83. The second kappa shape index (κ2) is 8.22. The van der Waals surface area contributed by atoms with E-state index in [1.165, 1.54) is 5.01 Å². The molecule has 5 rings (SSSR count). The summed E-state index contributed by atoms with van der Waals surface area (Å²) in [5.74, 6) is 2.63. The van der Waals surface area contributed by atoms with Crippen LogP contribution in [0.1, 0.15) is 35.8 Å². The van der Waals surface area contributed by atoms with Crippen molar-refractivity contribution in [3.05, 3.63) is 35.0 Å². The molecule has 2 aliphatic rings. The monoisotopic (exact) mass is 411 g/mol. The van der Waals surface area contributed by atoms with E-state index >= 15 is 0 Å². The van der Waals surface area contributed by atoms with Gasteiger partial charge in [-0.2, -0.15) is 4.98 Å². The van der Waals surface area contributed by atoms with Gasteiger partial charge in [0.15, 0.2) is 0 Å². The fourth-order valence-corrected chi connectivity index (χ4v) is 4.92. The van der Waals surface area contributed by atoms with Crippen LogP contribution in [0.25, 0.3) is 10.2 Å². The SMILES string of the molecule is Cc1cc(Nc2cc3nc(C4CCOCC4)sc3cn2)nc(O[C@H]2CCNC2)c1. The second-order valence-electron chi connectivity index (χ2n) is 7.70. The first kappa shape index (κ1) is 18.7. The summed E-state index contributed by atoms with van der Waals surface area (Å²) in [6, 6.07) is 5.97. The molecule has 0 radical (unpaired) electrons. The van der Waals surface area contributed by atoms with E-state index in [-0.39, 0.29) is 6.10 Å². The molecule has 0 unspecified atom stereocenters. The molecule has 2 saturated heterocycles. The molecule has 1 atom stereocenters. The number of anilines is 2. The second-order valence-corrected chi connectivity index (χ2v) is 8.76. The highest BCUT2D eigenvalue weighted by molar-refractivity contribution is 7.18. The number of hydrogen-bond donors (Lipinski definition) is 2. The maximum atomic E-state index is 6.02. The van der Waals surface area contributed by atoms with Gasteiger partial charge in [-0.15, -0.1) is 11.3 Å². The van der Waals surface area contributed by atoms with Crippen molar-refractivity contribution in [2.75, 3.05) is 31.6 Å². The number of hydrogen-bond acceptors (Lipinski definition) is 8. The van der Waals surface area contributed by atoms with E-state index < -0.39 is 0 Å². The smallest absolute Gasteiger partial charge is 0.215 e. The molecule has 2 fully saturated rings. The molecule has 29 heavy (non-hydrogen) atoms. The number of aryl methyl sites for hydroxylation is 1. The van der Waals surface area contributed by atoms with Crippen molar-refractivity contribution < 1.29 is 9.47 Å². The Bertz CT molecular complexity index is 996. The van der Waals surface area contributed by atoms with E-state index in [1.807, 2.05) is 31.3 Å². The van der Waals surface area contributed by atoms with Crippen LogP contribution in [0.4, 0.5) is 11.6 Å². The number of thiazole rings is 1. The molecule has 152 valence electrons. The van der Waals surface area contributed by atoms with E-state index in [0.717, 1.165) is 73.0 Å². The van der Waals surface area contributed by atoms with Gasteiger partial charge in [0.05, 0.1) is 15.2 Å². The van der Waals surface area contributed by atoms with Gasteiger partial charge < -0.3 is 20.1 Å². The maximum Gasteiger partial charge on any atom is 0.215 e. The van der Waals surface area contributed by atoms with E-state index in [1.54, 1.807) is 11.3 Å². The Hall–Kier alpha value is -2.29. The quantitative estimate of drug-likeness (QED) is 0.661. The highest BCUT2D eigenvalue weighted by Crippen LogP contribution is 2.34. The molecule has 5 heterocycles. The normalized spacial score (nSPS) is 20.2. The number of pyridine rings is 2. The van der Waals surface area contributed by atoms with Crippen LogP contribution in [0.15, 0.2) is 24.4 Å². The van der Waals surface area contributed by atoms with Crippen molar-refractivity contribution >= 4 is 33.2 Å². The molecular weight excluding hydrogens is 386 g/mol. The Morgan fingerprint density at radius 2 is 2.03 bits per heavy atom. The Morgan fingerprint density at radius 1 is 1.14 bits per heavy atom. The largest absolute Gasteiger partial charge is 0.473 e. The maximum absolute atomic E-state index is 6.02. The Kier molecular flexibility index (Phi) is 5.30. The molecule has 2 aliphatic heterocycles. The highest BCUT2D eigenvalue weighted by Gasteiger charge is 2.20. The van der Waals surface area contributed by atoms with Gasteiger partial charge in [-0.3, -0.25) is 0 Å². The van der Waals surface area contributed by atoms with Crippen molar-refractivity contribution in [2.24, 2.45) is 0 Å². The first-order valence-corrected chi connectivity index (χ1v) is 11.0. The molecule has 0 aromatic carbocycles. The summed E-state index contributed by atoms with van der Waals surface area (Å²) in [6.07, 6.45) is 5.19. The molecule has 3 aromatic heterocycles. The number of ether oxygens (including phenoxy) is 2. The topological polar surface area (TPSA) is 81.2 Å². The van der Waals surface area contributed by atoms with Crippen molar-refractivity contribution in [1.82, 2.24) is 20.3 Å². The zero-order chi connectivity index (χ0) is 19.6. The number of fused-ring (bicyclic) bond motifs is 1. The first-order valence-electron chi connectivity index (χ1n) is 10.2. The average Bonchev–Trinajstić information content (AvgIpc) is 3.37. The average molecular weight is 412 g/mol. The van der Waals surface area contributed by atoms with Crippen LogP contribution in [0.3, 0.4) is 0 Å². The summed E-state index contributed by atoms with van der Waals surface area (Å²) in [4.78, 5) is 14.1. The zero-order valence-corrected chi connectivity index (χ0v) is 17.3. The van der Waals surface area contributed by atoms with Gasteiger partial charge in [0.2, 0.25) is 5.88 Å². The van der Waals surface area contributed by atoms with E-state index in [9.17, 15) is 0 Å². The first-order chi connectivity index (χ1) is 14.2. The third kappa shape index (κ3) is 4.34. The minimum atomic E-state index is 0.185. The summed E-state index contributed by atoms with van der Waals surface area (Å²) in [6.45, 7) is 5.56. The molecule has 7 nitrogen and oxygen atoms in total. The molecule has 0 spiro atoms. The predicted octanol–water partition coefficient (Wildman–Crippen LogP) is 3.77. The number of rotatable bonds is 5. The molecular formula is C21H25N5O2S. The summed E-state index contributed by atoms with van der Waals surface area (Å²) >= 11 is 1.74. The van der Waals surface area contributed by atoms with Gasteiger partial charge in [0, 0.05) is 44.0 Å². The van der Waals surface area contributed by atoms with E-state index in [0.29, 0.717) is 11.8 Å². The minimum Gasteiger partial charge on any atom is -0.473 e. The van der Waals surface area contributed by atoms with Crippen LogP contribution in [0.2, 0.25) is 0 Å². The van der Waals surface area contributed by atoms with Gasteiger partial charge in [-0.1, -0.05) is 0 Å². The number of nitrogens with one attached hydrogen (secondary N) is 2. The third-order valence-corrected chi connectivity index (χ3v) is 6.54. The lowest BCUT2D eigenvalue weighted by Gasteiger charge is -2.19. The van der Waals surface area contributed by atoms with Crippen molar-refractivity contribution in [3.8, 4) is 5.88 Å². The summed E-state index contributed by atoms with van der Waals surface area (Å²) in [5.41, 5.74) is 2.08. The third-order valence-electron chi connectivity index (χ3n) is 5.37. The van der Waals surface area contributed by atoms with Gasteiger partial charge in [0.1, 0.15) is 17.7 Å². The van der Waals surface area contributed by atoms with Crippen molar-refractivity contribution in [1.29, 1.82) is 0 Å². The van der Waals surface area contributed by atoms with E-state index in [2.05, 4.69) is 20.6 Å². The summed E-state index contributed by atoms with van der Waals surface area (Å²) in [7, 11) is 0. The minimum absolute atomic E-state index is 0.185. The Morgan fingerprint density at radius 3 is 2.86 bits per heavy atom. The standard InChI is InChI=1S/C21H25N5O2S/c1-13-8-19(26-20(9-13)28-15-2-5-22-11-15)25-18-10-16-17(12-23-18)29-21(24-16)14-3-6-27-7-4-14/h8-10,12,14-15,22H,2-7,11H2,1H3,(H,23,25,26)/t15-/m0/s1. The van der Waals surface area contributed by atoms with Gasteiger partial charge in [0.25, 0.3) is 0 Å². The molecule has 2 N–H and O–H groups in total. The fraction of sp³-hybridized carbons (Fsp3) is 0.476. The van der Waals surface area contributed by atoms with Gasteiger partial charge in [-0.25, -0.2) is 9.97 Å². The van der Waals surface area contributed by atoms with Crippen molar-refractivity contribution in [2.45, 2.75) is 38.2 Å². The Balaban J connectivity index is 1.34. The zero-order valence-electron chi connectivity index (χ0n) is 16.5. The molecule has 0 saturated carbocycles. The highest BCUT2D eigenvalue weighted by atomic mass is 32.1. The molecule has 3 aromatic rings. The lowest BCUT2D eigenvalue weighted by molar-refractivity contribution is 0.0853. The van der Waals surface area contributed by atoms with Crippen LogP contribution in [0.5, 0.6) is 5.88 Å². The van der Waals surface area contributed by atoms with Crippen LogP contribution >= 0.6 is 11.3 Å². The summed E-state index contributed by atoms with van der Waals surface area (Å²) in [5, 5.41) is 7.82. The summed E-state index contributed by atoms with van der Waals surface area (Å²) < 4.78 is 12.6. The van der Waals surface area contributed by atoms with Crippen LogP contribution in [-0.4, -0.2) is 47.4 Å². The molecule has 0 amide bonds. The van der Waals surface area contributed by atoms with Gasteiger partial charge in [-0.05, 0) is 44.4 Å². The molecule has 8 heteroatoms. The van der Waals surface area contributed by atoms with Gasteiger partial charge >= 0.3 is 0 Å². The lowest BCUT2D eigenvalue weighted by Crippen LogP contribution is -2.20. The van der Waals surface area contributed by atoms with E-state index in [4.69, 9.17) is 14.5 Å². The number of nitrogens with zero attached hydrogens (tertiary/aromatic N) is 3. The van der Waals surface area contributed by atoms with Crippen LogP contribution < -0.4 is 15.4 Å². The predicted molar refractivity (Wildman–Crippen MR) is 114 cm³/mol. The lowest BCUT2D eigenvalue weighted by atomic mass is 10.0. The molecule has 0 bridgehead atoms. The Labute approximate surface area is 173 Å². The van der Waals surface area contributed by atoms with Crippen LogP contribution in [-0.2, 0) is 4.74 Å². The van der Waals surface area contributed by atoms with Crippen molar-refractivity contribution in [3.63, 3.8) is 0 Å². The number of aromatic nitrogens is 3. The molecule has 0 aliphatic carbocycles.